The van der Waals surface area contributed by atoms with Gasteiger partial charge in [-0.2, -0.15) is 0 Å². The molecule has 0 saturated carbocycles. The summed E-state index contributed by atoms with van der Waals surface area (Å²) in [6.07, 6.45) is 0. The van der Waals surface area contributed by atoms with Gasteiger partial charge in [0.25, 0.3) is 5.91 Å². The van der Waals surface area contributed by atoms with Gasteiger partial charge in [-0.1, -0.05) is 48.5 Å². The Labute approximate surface area is 158 Å². The van der Waals surface area contributed by atoms with Crippen molar-refractivity contribution in [3.8, 4) is 28.4 Å². The van der Waals surface area contributed by atoms with Crippen LogP contribution in [-0.2, 0) is 0 Å². The fraction of sp³-hybridized carbons (Fsp3) is 0.136. The first-order valence-electron chi connectivity index (χ1n) is 8.43. The number of carbonyl (C=O) groups excluding carboxylic acids is 1. The Balaban J connectivity index is 1.98. The van der Waals surface area contributed by atoms with E-state index in [1.807, 2.05) is 54.6 Å². The molecule has 0 spiro atoms. The molecule has 0 fully saturated rings. The van der Waals surface area contributed by atoms with E-state index in [-0.39, 0.29) is 5.91 Å². The topological polar surface area (TPSA) is 56.8 Å². The highest BCUT2D eigenvalue weighted by Gasteiger charge is 2.19. The Morgan fingerprint density at radius 1 is 0.741 bits per heavy atom. The van der Waals surface area contributed by atoms with Crippen molar-refractivity contribution in [3.63, 3.8) is 0 Å². The lowest BCUT2D eigenvalue weighted by atomic mass is 10.0. The lowest BCUT2D eigenvalue weighted by Crippen LogP contribution is -2.14. The Bertz CT molecular complexity index is 938. The molecule has 138 valence electrons. The molecule has 0 saturated heterocycles. The predicted molar refractivity (Wildman–Crippen MR) is 106 cm³/mol. The number of anilines is 1. The van der Waals surface area contributed by atoms with E-state index in [4.69, 9.17) is 14.2 Å². The minimum absolute atomic E-state index is 0.295. The average Bonchev–Trinajstić information content (AvgIpc) is 2.73. The highest BCUT2D eigenvalue weighted by molar-refractivity contribution is 6.08. The van der Waals surface area contributed by atoms with Crippen LogP contribution in [0.2, 0.25) is 0 Å². The van der Waals surface area contributed by atoms with Crippen LogP contribution in [0, 0.1) is 0 Å². The Kier molecular flexibility index (Phi) is 5.61. The molecule has 0 radical (unpaired) electrons. The third-order valence-electron chi connectivity index (χ3n) is 4.21. The second-order valence-corrected chi connectivity index (χ2v) is 5.77. The van der Waals surface area contributed by atoms with Crippen molar-refractivity contribution in [2.24, 2.45) is 0 Å². The summed E-state index contributed by atoms with van der Waals surface area (Å²) in [5.41, 5.74) is 3.03. The van der Waals surface area contributed by atoms with Crippen molar-refractivity contribution in [2.75, 3.05) is 26.6 Å². The normalized spacial score (nSPS) is 10.2. The second-order valence-electron chi connectivity index (χ2n) is 5.77. The second kappa shape index (κ2) is 8.27. The van der Waals surface area contributed by atoms with Crippen LogP contribution in [-0.4, -0.2) is 27.2 Å². The number of carbonyl (C=O) groups is 1. The number of hydrogen-bond donors (Lipinski definition) is 1. The summed E-state index contributed by atoms with van der Waals surface area (Å²) in [6, 6.07) is 20.8. The largest absolute Gasteiger partial charge is 0.496 e. The zero-order valence-electron chi connectivity index (χ0n) is 15.5. The summed E-state index contributed by atoms with van der Waals surface area (Å²) in [4.78, 5) is 13.0. The molecule has 0 aliphatic carbocycles. The standard InChI is InChI=1S/C22H21NO4/c1-25-19-14-21(27-3)20(26-2)13-17(19)22(24)23-18-12-8-7-11-16(18)15-9-5-4-6-10-15/h4-14H,1-3H3,(H,23,24). The molecule has 3 rings (SSSR count). The third kappa shape index (κ3) is 3.87. The molecule has 0 aliphatic rings. The maximum Gasteiger partial charge on any atom is 0.259 e. The Morgan fingerprint density at radius 3 is 2.00 bits per heavy atom. The monoisotopic (exact) mass is 363 g/mol. The summed E-state index contributed by atoms with van der Waals surface area (Å²) in [7, 11) is 4.57. The van der Waals surface area contributed by atoms with Gasteiger partial charge in [0, 0.05) is 23.4 Å². The van der Waals surface area contributed by atoms with Gasteiger partial charge in [0.1, 0.15) is 5.75 Å². The zero-order valence-corrected chi connectivity index (χ0v) is 15.5. The third-order valence-corrected chi connectivity index (χ3v) is 4.21. The van der Waals surface area contributed by atoms with Crippen molar-refractivity contribution >= 4 is 11.6 Å². The minimum Gasteiger partial charge on any atom is -0.496 e. The number of amides is 1. The fourth-order valence-corrected chi connectivity index (χ4v) is 2.86. The van der Waals surface area contributed by atoms with Crippen LogP contribution in [0.4, 0.5) is 5.69 Å². The first kappa shape index (κ1) is 18.3. The van der Waals surface area contributed by atoms with E-state index in [2.05, 4.69) is 5.32 Å². The SMILES string of the molecule is COc1cc(OC)c(C(=O)Nc2ccccc2-c2ccccc2)cc1OC. The lowest BCUT2D eigenvalue weighted by molar-refractivity contribution is 0.102. The smallest absolute Gasteiger partial charge is 0.259 e. The maximum atomic E-state index is 13.0. The van der Waals surface area contributed by atoms with Crippen molar-refractivity contribution in [2.45, 2.75) is 0 Å². The van der Waals surface area contributed by atoms with Gasteiger partial charge in [-0.3, -0.25) is 4.79 Å². The maximum absolute atomic E-state index is 13.0. The van der Waals surface area contributed by atoms with Crippen LogP contribution in [0.3, 0.4) is 0 Å². The first-order chi connectivity index (χ1) is 13.2. The van der Waals surface area contributed by atoms with E-state index in [9.17, 15) is 4.79 Å². The molecule has 3 aromatic carbocycles. The van der Waals surface area contributed by atoms with E-state index in [0.29, 0.717) is 28.5 Å². The average molecular weight is 363 g/mol. The van der Waals surface area contributed by atoms with Gasteiger partial charge in [0.2, 0.25) is 0 Å². The lowest BCUT2D eigenvalue weighted by Gasteiger charge is -2.15. The zero-order chi connectivity index (χ0) is 19.2. The summed E-state index contributed by atoms with van der Waals surface area (Å²) in [5, 5.41) is 2.97. The molecule has 5 nitrogen and oxygen atoms in total. The van der Waals surface area contributed by atoms with E-state index < -0.39 is 0 Å². The van der Waals surface area contributed by atoms with Crippen molar-refractivity contribution in [3.05, 3.63) is 72.3 Å². The predicted octanol–water partition coefficient (Wildman–Crippen LogP) is 4.63. The van der Waals surface area contributed by atoms with Crippen LogP contribution in [0.15, 0.2) is 66.7 Å². The fourth-order valence-electron chi connectivity index (χ4n) is 2.86. The van der Waals surface area contributed by atoms with Gasteiger partial charge in [0.05, 0.1) is 26.9 Å². The Hall–Kier alpha value is -3.47. The summed E-state index contributed by atoms with van der Waals surface area (Å²) in [6.45, 7) is 0. The molecular formula is C22H21NO4. The molecule has 0 aliphatic heterocycles. The van der Waals surface area contributed by atoms with Crippen molar-refractivity contribution in [1.82, 2.24) is 0 Å². The number of rotatable bonds is 6. The van der Waals surface area contributed by atoms with Crippen LogP contribution in [0.5, 0.6) is 17.2 Å². The van der Waals surface area contributed by atoms with E-state index in [1.54, 1.807) is 12.1 Å². The minimum atomic E-state index is -0.295. The summed E-state index contributed by atoms with van der Waals surface area (Å²) in [5.74, 6) is 1.06. The molecule has 0 atom stereocenters. The van der Waals surface area contributed by atoms with Gasteiger partial charge in [-0.05, 0) is 11.6 Å². The quantitative estimate of drug-likeness (QED) is 0.694. The van der Waals surface area contributed by atoms with E-state index in [1.165, 1.54) is 21.3 Å². The molecule has 0 unspecified atom stereocenters. The number of para-hydroxylation sites is 1. The van der Waals surface area contributed by atoms with Crippen molar-refractivity contribution < 1.29 is 19.0 Å². The highest BCUT2D eigenvalue weighted by Crippen LogP contribution is 2.35. The molecule has 0 aromatic heterocycles. The Morgan fingerprint density at radius 2 is 1.33 bits per heavy atom. The number of methoxy groups -OCH3 is 3. The molecule has 1 amide bonds. The van der Waals surface area contributed by atoms with Crippen LogP contribution in [0.1, 0.15) is 10.4 Å². The molecule has 5 heteroatoms. The number of benzene rings is 3. The van der Waals surface area contributed by atoms with Gasteiger partial charge >= 0.3 is 0 Å². The molecule has 1 N–H and O–H groups in total. The number of ether oxygens (including phenoxy) is 3. The molecule has 0 heterocycles. The number of hydrogen-bond acceptors (Lipinski definition) is 4. The molecular weight excluding hydrogens is 342 g/mol. The van der Waals surface area contributed by atoms with Gasteiger partial charge < -0.3 is 19.5 Å². The van der Waals surface area contributed by atoms with Crippen molar-refractivity contribution in [1.29, 1.82) is 0 Å². The first-order valence-corrected chi connectivity index (χ1v) is 8.43. The van der Waals surface area contributed by atoms with Crippen LogP contribution >= 0.6 is 0 Å². The molecule has 3 aromatic rings. The van der Waals surface area contributed by atoms with Gasteiger partial charge in [0.15, 0.2) is 11.5 Å². The summed E-state index contributed by atoms with van der Waals surface area (Å²) < 4.78 is 15.9. The van der Waals surface area contributed by atoms with Gasteiger partial charge in [-0.15, -0.1) is 0 Å². The van der Waals surface area contributed by atoms with E-state index >= 15 is 0 Å². The molecule has 0 bridgehead atoms. The van der Waals surface area contributed by atoms with E-state index in [0.717, 1.165) is 11.1 Å². The van der Waals surface area contributed by atoms with Gasteiger partial charge in [-0.25, -0.2) is 0 Å². The highest BCUT2D eigenvalue weighted by atomic mass is 16.5. The number of nitrogens with one attached hydrogen (secondary N) is 1. The summed E-state index contributed by atoms with van der Waals surface area (Å²) >= 11 is 0. The molecule has 27 heavy (non-hydrogen) atoms. The van der Waals surface area contributed by atoms with Crippen LogP contribution < -0.4 is 19.5 Å². The van der Waals surface area contributed by atoms with Crippen LogP contribution in [0.25, 0.3) is 11.1 Å².